The number of ether oxygens (including phenoxy) is 2. The fourth-order valence-electron chi connectivity index (χ4n) is 2.75. The van der Waals surface area contributed by atoms with Crippen LogP contribution in [0.4, 0.5) is 11.4 Å². The van der Waals surface area contributed by atoms with E-state index in [-0.39, 0.29) is 22.2 Å². The van der Waals surface area contributed by atoms with Gasteiger partial charge in [-0.05, 0) is 73.7 Å². The van der Waals surface area contributed by atoms with Crippen LogP contribution in [-0.4, -0.2) is 27.5 Å². The second-order valence-electron chi connectivity index (χ2n) is 6.68. The maximum Gasteiger partial charge on any atom is 0.263 e. The summed E-state index contributed by atoms with van der Waals surface area (Å²) in [6, 6.07) is 18.8. The van der Waals surface area contributed by atoms with E-state index in [1.807, 2.05) is 13.0 Å². The van der Waals surface area contributed by atoms with E-state index in [1.165, 1.54) is 18.2 Å². The molecule has 3 aromatic rings. The van der Waals surface area contributed by atoms with Gasteiger partial charge >= 0.3 is 0 Å². The highest BCUT2D eigenvalue weighted by atomic mass is 35.5. The Balaban J connectivity index is 1.67. The van der Waals surface area contributed by atoms with E-state index < -0.39 is 15.9 Å². The molecule has 0 radical (unpaired) electrons. The number of anilines is 2. The Morgan fingerprint density at radius 2 is 1.58 bits per heavy atom. The Morgan fingerprint density at radius 3 is 2.21 bits per heavy atom. The number of carbonyl (C=O) groups excluding carboxylic acids is 1. The summed E-state index contributed by atoms with van der Waals surface area (Å²) in [5, 5.41) is 11.4. The summed E-state index contributed by atoms with van der Waals surface area (Å²) in [7, 11) is -4.02. The number of carbonyl (C=O) groups is 1. The van der Waals surface area contributed by atoms with Crippen LogP contribution < -0.4 is 19.5 Å². The van der Waals surface area contributed by atoms with Gasteiger partial charge in [0.2, 0.25) is 0 Å². The fraction of sp³-hybridized carbons (Fsp3) is 0.130. The molecular weight excluding hydrogens is 466 g/mol. The van der Waals surface area contributed by atoms with E-state index >= 15 is 0 Å². The number of nitriles is 1. The van der Waals surface area contributed by atoms with Gasteiger partial charge in [-0.25, -0.2) is 8.42 Å². The van der Waals surface area contributed by atoms with E-state index in [0.29, 0.717) is 29.4 Å². The molecule has 0 bridgehead atoms. The van der Waals surface area contributed by atoms with Crippen LogP contribution in [-0.2, 0) is 14.8 Å². The van der Waals surface area contributed by atoms with Gasteiger partial charge in [0.25, 0.3) is 15.9 Å². The summed E-state index contributed by atoms with van der Waals surface area (Å²) < 4.78 is 38.9. The van der Waals surface area contributed by atoms with Crippen LogP contribution in [0.15, 0.2) is 71.6 Å². The molecule has 0 aliphatic carbocycles. The van der Waals surface area contributed by atoms with Crippen LogP contribution in [0, 0.1) is 11.3 Å². The third-order valence-electron chi connectivity index (χ3n) is 4.28. The number of rotatable bonds is 9. The number of benzene rings is 3. The van der Waals surface area contributed by atoms with Gasteiger partial charge < -0.3 is 14.8 Å². The molecule has 0 heterocycles. The molecular formula is C23H20ClN3O5S. The van der Waals surface area contributed by atoms with E-state index in [0.717, 1.165) is 0 Å². The molecule has 0 aromatic heterocycles. The lowest BCUT2D eigenvalue weighted by molar-refractivity contribution is -0.118. The number of nitrogens with one attached hydrogen (secondary N) is 2. The standard InChI is InChI=1S/C23H20ClN3O5S/c1-2-31-19-10-5-17(6-11-19)27-33(29,30)22-13-18(7-12-21(22)24)26-23(28)15-32-20-8-3-16(14-25)4-9-20/h3-13,27H,2,15H2,1H3,(H,26,28). The second kappa shape index (κ2) is 10.7. The van der Waals surface area contributed by atoms with Gasteiger partial charge in [-0.15, -0.1) is 0 Å². The minimum absolute atomic E-state index is 0.000248. The molecule has 0 spiro atoms. The summed E-state index contributed by atoms with van der Waals surface area (Å²) in [5.74, 6) is 0.541. The average molecular weight is 486 g/mol. The predicted octanol–water partition coefficient (Wildman–Crippen LogP) is 4.43. The Bertz CT molecular complexity index is 1270. The first-order valence-electron chi connectivity index (χ1n) is 9.79. The van der Waals surface area contributed by atoms with Crippen molar-refractivity contribution in [1.82, 2.24) is 0 Å². The average Bonchev–Trinajstić information content (AvgIpc) is 2.80. The highest BCUT2D eigenvalue weighted by Crippen LogP contribution is 2.27. The van der Waals surface area contributed by atoms with Crippen LogP contribution >= 0.6 is 11.6 Å². The van der Waals surface area contributed by atoms with E-state index in [4.69, 9.17) is 26.3 Å². The molecule has 0 atom stereocenters. The maximum absolute atomic E-state index is 12.8. The van der Waals surface area contributed by atoms with Crippen LogP contribution in [0.3, 0.4) is 0 Å². The van der Waals surface area contributed by atoms with Crippen LogP contribution in [0.2, 0.25) is 5.02 Å². The first-order valence-corrected chi connectivity index (χ1v) is 11.6. The number of hydrogen-bond acceptors (Lipinski definition) is 6. The summed E-state index contributed by atoms with van der Waals surface area (Å²) in [6.07, 6.45) is 0. The van der Waals surface area contributed by atoms with Crippen molar-refractivity contribution < 1.29 is 22.7 Å². The number of nitrogens with zero attached hydrogens (tertiary/aromatic N) is 1. The minimum Gasteiger partial charge on any atom is -0.494 e. The molecule has 0 fully saturated rings. The molecule has 0 aliphatic rings. The zero-order valence-electron chi connectivity index (χ0n) is 17.5. The van der Waals surface area contributed by atoms with E-state index in [1.54, 1.807) is 48.5 Å². The minimum atomic E-state index is -4.02. The summed E-state index contributed by atoms with van der Waals surface area (Å²) in [5.41, 5.74) is 1.04. The topological polar surface area (TPSA) is 118 Å². The van der Waals surface area contributed by atoms with Crippen molar-refractivity contribution in [3.8, 4) is 17.6 Å². The lowest BCUT2D eigenvalue weighted by atomic mass is 10.2. The zero-order chi connectivity index (χ0) is 23.8. The summed E-state index contributed by atoms with van der Waals surface area (Å²) in [4.78, 5) is 12.0. The third kappa shape index (κ3) is 6.62. The smallest absolute Gasteiger partial charge is 0.263 e. The van der Waals surface area contributed by atoms with Crippen molar-refractivity contribution in [3.63, 3.8) is 0 Å². The normalized spacial score (nSPS) is 10.7. The third-order valence-corrected chi connectivity index (χ3v) is 6.14. The van der Waals surface area contributed by atoms with Crippen molar-refractivity contribution in [2.24, 2.45) is 0 Å². The van der Waals surface area contributed by atoms with Crippen molar-refractivity contribution >= 4 is 38.9 Å². The molecule has 0 saturated heterocycles. The molecule has 0 unspecified atom stereocenters. The van der Waals surface area contributed by atoms with Crippen molar-refractivity contribution in [1.29, 1.82) is 5.26 Å². The molecule has 8 nitrogen and oxygen atoms in total. The highest BCUT2D eigenvalue weighted by molar-refractivity contribution is 7.92. The molecule has 0 aliphatic heterocycles. The van der Waals surface area contributed by atoms with Crippen molar-refractivity contribution in [3.05, 3.63) is 77.3 Å². The number of amides is 1. The molecule has 3 rings (SSSR count). The van der Waals surface area contributed by atoms with Gasteiger partial charge in [0.15, 0.2) is 6.61 Å². The van der Waals surface area contributed by atoms with E-state index in [9.17, 15) is 13.2 Å². The zero-order valence-corrected chi connectivity index (χ0v) is 19.1. The largest absolute Gasteiger partial charge is 0.494 e. The Kier molecular flexibility index (Phi) is 7.77. The summed E-state index contributed by atoms with van der Waals surface area (Å²) in [6.45, 7) is 2.04. The second-order valence-corrected chi connectivity index (χ2v) is 8.74. The Labute approximate surface area is 196 Å². The lowest BCUT2D eigenvalue weighted by Gasteiger charge is -2.13. The molecule has 3 aromatic carbocycles. The first-order chi connectivity index (χ1) is 15.8. The molecule has 170 valence electrons. The maximum atomic E-state index is 12.8. The lowest BCUT2D eigenvalue weighted by Crippen LogP contribution is -2.20. The van der Waals surface area contributed by atoms with Crippen molar-refractivity contribution in [2.75, 3.05) is 23.3 Å². The SMILES string of the molecule is CCOc1ccc(NS(=O)(=O)c2cc(NC(=O)COc3ccc(C#N)cc3)ccc2Cl)cc1. The number of halogens is 1. The first kappa shape index (κ1) is 23.9. The van der Waals surface area contributed by atoms with Gasteiger partial charge in [0.05, 0.1) is 23.3 Å². The molecule has 2 N–H and O–H groups in total. The number of hydrogen-bond donors (Lipinski definition) is 2. The van der Waals surface area contributed by atoms with Crippen LogP contribution in [0.5, 0.6) is 11.5 Å². The monoisotopic (exact) mass is 485 g/mol. The van der Waals surface area contributed by atoms with Gasteiger partial charge in [0.1, 0.15) is 16.4 Å². The molecule has 10 heteroatoms. The molecule has 33 heavy (non-hydrogen) atoms. The highest BCUT2D eigenvalue weighted by Gasteiger charge is 2.19. The molecule has 1 amide bonds. The van der Waals surface area contributed by atoms with Crippen LogP contribution in [0.25, 0.3) is 0 Å². The van der Waals surface area contributed by atoms with Gasteiger partial charge in [0, 0.05) is 11.4 Å². The van der Waals surface area contributed by atoms with Crippen LogP contribution in [0.1, 0.15) is 12.5 Å². The summed E-state index contributed by atoms with van der Waals surface area (Å²) >= 11 is 6.12. The quantitative estimate of drug-likeness (QED) is 0.463. The predicted molar refractivity (Wildman–Crippen MR) is 125 cm³/mol. The Morgan fingerprint density at radius 1 is 0.970 bits per heavy atom. The molecule has 0 saturated carbocycles. The Hall–Kier alpha value is -3.74. The van der Waals surface area contributed by atoms with Gasteiger partial charge in [-0.1, -0.05) is 11.6 Å². The fourth-order valence-corrected chi connectivity index (χ4v) is 4.34. The van der Waals surface area contributed by atoms with Gasteiger partial charge in [-0.3, -0.25) is 9.52 Å². The van der Waals surface area contributed by atoms with E-state index in [2.05, 4.69) is 10.0 Å². The van der Waals surface area contributed by atoms with Crippen molar-refractivity contribution in [2.45, 2.75) is 11.8 Å². The van der Waals surface area contributed by atoms with Gasteiger partial charge in [-0.2, -0.15) is 5.26 Å². The number of sulfonamides is 1.